The first kappa shape index (κ1) is 25.0. The topological polar surface area (TPSA) is 70.8 Å². The van der Waals surface area contributed by atoms with Crippen molar-refractivity contribution in [2.24, 2.45) is 29.4 Å². The van der Waals surface area contributed by atoms with E-state index >= 15 is 0 Å². The maximum Gasteiger partial charge on any atom is 0.500 e. The molecule has 0 radical (unpaired) electrons. The Bertz CT molecular complexity index is 283. The van der Waals surface area contributed by atoms with Crippen LogP contribution < -0.4 is 5.73 Å². The van der Waals surface area contributed by atoms with Crippen LogP contribution in [0.15, 0.2) is 0 Å². The van der Waals surface area contributed by atoms with Crippen LogP contribution in [0.25, 0.3) is 0 Å². The number of carbonyl (C=O) groups is 1. The van der Waals surface area contributed by atoms with Crippen LogP contribution in [0.5, 0.6) is 0 Å². The first-order valence-corrected chi connectivity index (χ1v) is 10.4. The Hall–Kier alpha value is -0.273. The van der Waals surface area contributed by atoms with Gasteiger partial charge in [0, 0.05) is 39.2 Å². The minimum Gasteiger partial charge on any atom is -0.377 e. The molecule has 0 aromatic carbocycles. The minimum absolute atomic E-state index is 0.211. The SMILES string of the molecule is CC(C)C(C)C(=O)C(C)C(C)C.CO[Si](CCCN)(OC)OC. The number of carbonyl (C=O) groups excluding carboxylic acids is 1. The molecule has 2 N–H and O–H groups in total. The summed E-state index contributed by atoms with van der Waals surface area (Å²) in [6.07, 6.45) is 0.877. The van der Waals surface area contributed by atoms with E-state index in [-0.39, 0.29) is 11.8 Å². The molecule has 6 heteroatoms. The molecule has 0 spiro atoms. The van der Waals surface area contributed by atoms with E-state index < -0.39 is 8.80 Å². The molecule has 0 fully saturated rings. The van der Waals surface area contributed by atoms with Crippen molar-refractivity contribution in [3.63, 3.8) is 0 Å². The molecule has 140 valence electrons. The van der Waals surface area contributed by atoms with Crippen molar-refractivity contribution in [3.8, 4) is 0 Å². The van der Waals surface area contributed by atoms with Gasteiger partial charge in [0.1, 0.15) is 5.78 Å². The average Bonchev–Trinajstić information content (AvgIpc) is 2.55. The summed E-state index contributed by atoms with van der Waals surface area (Å²) in [5, 5.41) is 0. The molecule has 0 aliphatic rings. The fourth-order valence-corrected chi connectivity index (χ4v) is 3.70. The highest BCUT2D eigenvalue weighted by molar-refractivity contribution is 6.60. The van der Waals surface area contributed by atoms with Gasteiger partial charge in [-0.3, -0.25) is 4.79 Å². The quantitative estimate of drug-likeness (QED) is 0.612. The van der Waals surface area contributed by atoms with Crippen LogP contribution in [0.1, 0.15) is 48.0 Å². The van der Waals surface area contributed by atoms with Gasteiger partial charge in [0.05, 0.1) is 0 Å². The van der Waals surface area contributed by atoms with Crippen molar-refractivity contribution in [2.75, 3.05) is 27.9 Å². The van der Waals surface area contributed by atoms with E-state index in [2.05, 4.69) is 27.7 Å². The van der Waals surface area contributed by atoms with Crippen LogP contribution in [0.2, 0.25) is 6.04 Å². The molecule has 5 nitrogen and oxygen atoms in total. The summed E-state index contributed by atoms with van der Waals surface area (Å²) in [6, 6.07) is 0.785. The van der Waals surface area contributed by atoms with Gasteiger partial charge in [0.15, 0.2) is 0 Å². The second-order valence-corrected chi connectivity index (χ2v) is 9.75. The maximum absolute atomic E-state index is 11.7. The molecular formula is C17H39NO4Si. The van der Waals surface area contributed by atoms with E-state index in [4.69, 9.17) is 19.0 Å². The lowest BCUT2D eigenvalue weighted by molar-refractivity contribution is -0.128. The molecule has 23 heavy (non-hydrogen) atoms. The van der Waals surface area contributed by atoms with Crippen LogP contribution >= 0.6 is 0 Å². The van der Waals surface area contributed by atoms with E-state index in [1.54, 1.807) is 21.3 Å². The summed E-state index contributed by atoms with van der Waals surface area (Å²) in [4.78, 5) is 11.7. The summed E-state index contributed by atoms with van der Waals surface area (Å²) in [5.74, 6) is 1.78. The molecule has 0 bridgehead atoms. The second-order valence-electron chi connectivity index (χ2n) is 6.66. The summed E-state index contributed by atoms with van der Waals surface area (Å²) in [5.41, 5.74) is 5.36. The van der Waals surface area contributed by atoms with Crippen LogP contribution in [0.4, 0.5) is 0 Å². The summed E-state index contributed by atoms with van der Waals surface area (Å²) < 4.78 is 15.5. The molecule has 0 aromatic heterocycles. The van der Waals surface area contributed by atoms with Crippen molar-refractivity contribution < 1.29 is 18.1 Å². The van der Waals surface area contributed by atoms with Crippen molar-refractivity contribution >= 4 is 14.6 Å². The lowest BCUT2D eigenvalue weighted by atomic mass is 9.82. The molecule has 0 saturated carbocycles. The van der Waals surface area contributed by atoms with E-state index in [1.807, 2.05) is 13.8 Å². The highest BCUT2D eigenvalue weighted by atomic mass is 28.4. The Morgan fingerprint density at radius 3 is 1.43 bits per heavy atom. The fourth-order valence-electron chi connectivity index (χ4n) is 1.95. The second kappa shape index (κ2) is 13.1. The first-order valence-electron chi connectivity index (χ1n) is 8.51. The van der Waals surface area contributed by atoms with Gasteiger partial charge < -0.3 is 19.0 Å². The summed E-state index contributed by atoms with van der Waals surface area (Å²) in [6.45, 7) is 13.1. The van der Waals surface area contributed by atoms with E-state index in [9.17, 15) is 4.79 Å². The van der Waals surface area contributed by atoms with E-state index in [0.29, 0.717) is 24.2 Å². The van der Waals surface area contributed by atoms with Crippen molar-refractivity contribution in [1.82, 2.24) is 0 Å². The van der Waals surface area contributed by atoms with Gasteiger partial charge in [-0.05, 0) is 24.8 Å². The van der Waals surface area contributed by atoms with Gasteiger partial charge in [0.2, 0.25) is 0 Å². The standard InChI is InChI=1S/C11H22O.C6H17NO3Si/c1-7(2)9(5)11(12)10(6)8(3)4;1-8-11(9-2,10-3)6-4-5-7/h7-10H,1-6H3;4-7H2,1-3H3. The molecule has 0 aliphatic carbocycles. The Kier molecular flexibility index (Phi) is 14.2. The van der Waals surface area contributed by atoms with Gasteiger partial charge in [-0.1, -0.05) is 41.5 Å². The molecule has 0 amide bonds. The molecule has 2 unspecified atom stereocenters. The lowest BCUT2D eigenvalue weighted by Gasteiger charge is -2.23. The largest absolute Gasteiger partial charge is 0.500 e. The minimum atomic E-state index is -2.32. The third kappa shape index (κ3) is 9.57. The Morgan fingerprint density at radius 1 is 0.870 bits per heavy atom. The molecule has 2 atom stereocenters. The number of ketones is 1. The molecule has 0 heterocycles. The predicted octanol–water partition coefficient (Wildman–Crippen LogP) is 3.35. The third-order valence-electron chi connectivity index (χ3n) is 4.52. The molecular weight excluding hydrogens is 310 g/mol. The van der Waals surface area contributed by atoms with Crippen LogP contribution in [0, 0.1) is 23.7 Å². The number of nitrogens with two attached hydrogens (primary N) is 1. The van der Waals surface area contributed by atoms with Crippen LogP contribution in [-0.2, 0) is 18.1 Å². The smallest absolute Gasteiger partial charge is 0.377 e. The zero-order chi connectivity index (χ0) is 18.6. The van der Waals surface area contributed by atoms with Crippen molar-refractivity contribution in [1.29, 1.82) is 0 Å². The van der Waals surface area contributed by atoms with Crippen molar-refractivity contribution in [3.05, 3.63) is 0 Å². The van der Waals surface area contributed by atoms with Crippen molar-refractivity contribution in [2.45, 2.75) is 54.0 Å². The predicted molar refractivity (Wildman–Crippen MR) is 98.3 cm³/mol. The number of hydrogen-bond acceptors (Lipinski definition) is 5. The Morgan fingerprint density at radius 2 is 1.22 bits per heavy atom. The van der Waals surface area contributed by atoms with E-state index in [0.717, 1.165) is 12.5 Å². The fraction of sp³-hybridized carbons (Fsp3) is 0.941. The summed E-state index contributed by atoms with van der Waals surface area (Å²) >= 11 is 0. The monoisotopic (exact) mass is 349 g/mol. The van der Waals surface area contributed by atoms with Gasteiger partial charge in [-0.25, -0.2) is 0 Å². The highest BCUT2D eigenvalue weighted by Gasteiger charge is 2.36. The number of Topliss-reactive ketones (excluding diaryl/α,β-unsaturated/α-hetero) is 1. The van der Waals surface area contributed by atoms with Crippen LogP contribution in [0.3, 0.4) is 0 Å². The first-order chi connectivity index (χ1) is 10.6. The summed E-state index contributed by atoms with van der Waals surface area (Å²) in [7, 11) is 2.50. The zero-order valence-corrected chi connectivity index (χ0v) is 17.6. The molecule has 0 saturated heterocycles. The van der Waals surface area contributed by atoms with Gasteiger partial charge in [0.25, 0.3) is 0 Å². The van der Waals surface area contributed by atoms with Gasteiger partial charge >= 0.3 is 8.80 Å². The Balaban J connectivity index is 0. The highest BCUT2D eigenvalue weighted by Crippen LogP contribution is 2.20. The Labute approximate surface area is 144 Å². The third-order valence-corrected chi connectivity index (χ3v) is 7.35. The van der Waals surface area contributed by atoms with Gasteiger partial charge in [-0.2, -0.15) is 0 Å². The molecule has 0 aromatic rings. The van der Waals surface area contributed by atoms with E-state index in [1.165, 1.54) is 0 Å². The maximum atomic E-state index is 11.7. The molecule has 0 aliphatic heterocycles. The zero-order valence-electron chi connectivity index (χ0n) is 16.6. The average molecular weight is 350 g/mol. The lowest BCUT2D eigenvalue weighted by Crippen LogP contribution is -2.42. The molecule has 0 rings (SSSR count). The number of rotatable bonds is 10. The van der Waals surface area contributed by atoms with Crippen LogP contribution in [-0.4, -0.2) is 42.5 Å². The number of hydrogen-bond donors (Lipinski definition) is 1. The van der Waals surface area contributed by atoms with Gasteiger partial charge in [-0.15, -0.1) is 0 Å². The normalized spacial score (nSPS) is 14.4.